The molecule has 0 aromatic carbocycles. The van der Waals surface area contributed by atoms with Gasteiger partial charge in [0.1, 0.15) is 11.6 Å². The number of anilines is 1. The number of hydrogen-bond acceptors (Lipinski definition) is 3. The number of amides is 2. The summed E-state index contributed by atoms with van der Waals surface area (Å²) in [6.45, 7) is 0.835. The number of hydrogen-bond donors (Lipinski definition) is 0. The topological polar surface area (TPSA) is 55.2 Å². The van der Waals surface area contributed by atoms with Crippen molar-refractivity contribution in [3.8, 4) is 0 Å². The summed E-state index contributed by atoms with van der Waals surface area (Å²) < 4.78 is 1.96. The Balaban J connectivity index is 2.04. The smallest absolute Gasteiger partial charge is 0.259 e. The van der Waals surface area contributed by atoms with E-state index in [4.69, 9.17) is 0 Å². The number of carbonyl (C=O) groups is 2. The summed E-state index contributed by atoms with van der Waals surface area (Å²) in [6.07, 6.45) is 7.32. The fourth-order valence-corrected chi connectivity index (χ4v) is 2.20. The van der Waals surface area contributed by atoms with Crippen LogP contribution in [0.3, 0.4) is 0 Å². The van der Waals surface area contributed by atoms with Crippen molar-refractivity contribution < 1.29 is 9.59 Å². The Bertz CT molecular complexity index is 483. The van der Waals surface area contributed by atoms with Crippen molar-refractivity contribution in [1.29, 1.82) is 0 Å². The number of aryl methyl sites for hydroxylation is 1. The van der Waals surface area contributed by atoms with E-state index in [1.54, 1.807) is 6.20 Å². The molecule has 0 bridgehead atoms. The minimum atomic E-state index is -0.279. The minimum absolute atomic E-state index is 0.279. The first-order valence-electron chi connectivity index (χ1n) is 5.38. The van der Waals surface area contributed by atoms with Gasteiger partial charge < -0.3 is 4.57 Å². The van der Waals surface area contributed by atoms with Gasteiger partial charge in [-0.25, -0.2) is 9.88 Å². The molecule has 1 aromatic heterocycles. The predicted molar refractivity (Wildman–Crippen MR) is 56.8 cm³/mol. The molecule has 5 nitrogen and oxygen atoms in total. The molecule has 5 heteroatoms. The van der Waals surface area contributed by atoms with E-state index in [1.165, 1.54) is 17.1 Å². The van der Waals surface area contributed by atoms with E-state index < -0.39 is 0 Å². The molecule has 0 radical (unpaired) electrons. The molecule has 0 N–H and O–H groups in total. The fourth-order valence-electron chi connectivity index (χ4n) is 2.20. The van der Waals surface area contributed by atoms with E-state index in [9.17, 15) is 9.59 Å². The molecule has 0 spiro atoms. The van der Waals surface area contributed by atoms with Gasteiger partial charge in [-0.05, 0) is 12.8 Å². The fraction of sp³-hybridized carbons (Fsp3) is 0.364. The zero-order chi connectivity index (χ0) is 11.1. The average Bonchev–Trinajstić information content (AvgIpc) is 2.83. The van der Waals surface area contributed by atoms with Gasteiger partial charge >= 0.3 is 0 Å². The van der Waals surface area contributed by atoms with Crippen LogP contribution >= 0.6 is 0 Å². The van der Waals surface area contributed by atoms with Crippen LogP contribution in [-0.2, 0) is 22.6 Å². The number of fused-ring (bicyclic) bond motifs is 1. The average molecular weight is 217 g/mol. The Morgan fingerprint density at radius 2 is 1.88 bits per heavy atom. The lowest BCUT2D eigenvalue weighted by atomic mass is 10.2. The van der Waals surface area contributed by atoms with E-state index in [0.717, 1.165) is 31.6 Å². The number of imidazole rings is 1. The summed E-state index contributed by atoms with van der Waals surface area (Å²) in [5.74, 6) is 1.01. The lowest BCUT2D eigenvalue weighted by Gasteiger charge is -2.20. The van der Waals surface area contributed by atoms with Crippen LogP contribution in [0.5, 0.6) is 0 Å². The molecular weight excluding hydrogens is 206 g/mol. The van der Waals surface area contributed by atoms with Gasteiger partial charge in [0.2, 0.25) is 0 Å². The van der Waals surface area contributed by atoms with Gasteiger partial charge in [-0.1, -0.05) is 0 Å². The summed E-state index contributed by atoms with van der Waals surface area (Å²) in [7, 11) is 0. The Kier molecular flexibility index (Phi) is 1.92. The lowest BCUT2D eigenvalue weighted by molar-refractivity contribution is -0.120. The molecule has 0 aliphatic carbocycles. The van der Waals surface area contributed by atoms with Crippen molar-refractivity contribution >= 4 is 17.6 Å². The van der Waals surface area contributed by atoms with Crippen LogP contribution in [0, 0.1) is 0 Å². The molecule has 82 valence electrons. The molecular formula is C11H11N3O2. The third-order valence-corrected chi connectivity index (χ3v) is 2.99. The Hall–Kier alpha value is -1.91. The van der Waals surface area contributed by atoms with Crippen molar-refractivity contribution in [3.63, 3.8) is 0 Å². The first-order valence-corrected chi connectivity index (χ1v) is 5.38. The molecule has 2 aliphatic heterocycles. The highest BCUT2D eigenvalue weighted by molar-refractivity contribution is 6.27. The van der Waals surface area contributed by atoms with E-state index >= 15 is 0 Å². The molecule has 0 unspecified atom stereocenters. The lowest BCUT2D eigenvalue weighted by Crippen LogP contribution is -2.32. The summed E-state index contributed by atoms with van der Waals surface area (Å²) in [4.78, 5) is 28.5. The van der Waals surface area contributed by atoms with Gasteiger partial charge in [-0.2, -0.15) is 0 Å². The molecule has 2 aliphatic rings. The molecule has 0 saturated heterocycles. The van der Waals surface area contributed by atoms with E-state index in [2.05, 4.69) is 4.98 Å². The quantitative estimate of drug-likeness (QED) is 0.649. The first-order chi connectivity index (χ1) is 7.77. The summed E-state index contributed by atoms with van der Waals surface area (Å²) in [5, 5.41) is 0. The summed E-state index contributed by atoms with van der Waals surface area (Å²) >= 11 is 0. The Morgan fingerprint density at radius 3 is 2.62 bits per heavy atom. The van der Waals surface area contributed by atoms with Crippen LogP contribution in [0.25, 0.3) is 0 Å². The number of imide groups is 1. The third-order valence-electron chi connectivity index (χ3n) is 2.99. The first kappa shape index (κ1) is 9.33. The van der Waals surface area contributed by atoms with Crippen LogP contribution in [0.2, 0.25) is 0 Å². The number of nitrogens with zero attached hydrogens (tertiary/aromatic N) is 3. The van der Waals surface area contributed by atoms with Crippen molar-refractivity contribution in [2.75, 3.05) is 4.90 Å². The van der Waals surface area contributed by atoms with Gasteiger partial charge in [-0.15, -0.1) is 0 Å². The monoisotopic (exact) mass is 217 g/mol. The number of carbonyl (C=O) groups excluding carboxylic acids is 2. The normalized spacial score (nSPS) is 19.4. The van der Waals surface area contributed by atoms with E-state index in [-0.39, 0.29) is 11.8 Å². The van der Waals surface area contributed by atoms with Crippen molar-refractivity contribution in [1.82, 2.24) is 9.55 Å². The van der Waals surface area contributed by atoms with Crippen molar-refractivity contribution in [3.05, 3.63) is 24.2 Å². The third kappa shape index (κ3) is 1.21. The standard InChI is InChI=1S/C11H11N3O2/c15-10-4-5-11(16)14(10)9-7-12-8-3-1-2-6-13(8)9/h4-5,7H,1-3,6H2. The largest absolute Gasteiger partial charge is 0.314 e. The van der Waals surface area contributed by atoms with Crippen molar-refractivity contribution in [2.24, 2.45) is 0 Å². The molecule has 2 amide bonds. The Labute approximate surface area is 92.4 Å². The maximum absolute atomic E-state index is 11.5. The number of aromatic nitrogens is 2. The maximum Gasteiger partial charge on any atom is 0.259 e. The number of rotatable bonds is 1. The maximum atomic E-state index is 11.5. The second-order valence-corrected chi connectivity index (χ2v) is 3.99. The zero-order valence-electron chi connectivity index (χ0n) is 8.72. The van der Waals surface area contributed by atoms with Gasteiger partial charge in [0.05, 0.1) is 6.20 Å². The van der Waals surface area contributed by atoms with Crippen LogP contribution < -0.4 is 4.90 Å². The molecule has 0 atom stereocenters. The second-order valence-electron chi connectivity index (χ2n) is 3.99. The molecule has 16 heavy (non-hydrogen) atoms. The predicted octanol–water partition coefficient (Wildman–Crippen LogP) is 0.649. The summed E-state index contributed by atoms with van der Waals surface area (Å²) in [5.41, 5.74) is 0. The van der Waals surface area contributed by atoms with Gasteiger partial charge in [0.15, 0.2) is 0 Å². The molecule has 0 saturated carbocycles. The van der Waals surface area contributed by atoms with Crippen LogP contribution in [-0.4, -0.2) is 21.4 Å². The zero-order valence-corrected chi connectivity index (χ0v) is 8.72. The Morgan fingerprint density at radius 1 is 1.12 bits per heavy atom. The molecule has 0 fully saturated rings. The SMILES string of the molecule is O=C1C=CC(=O)N1c1cnc2n1CCCC2. The van der Waals surface area contributed by atoms with Gasteiger partial charge in [0, 0.05) is 25.1 Å². The molecule has 1 aromatic rings. The highest BCUT2D eigenvalue weighted by Crippen LogP contribution is 2.24. The minimum Gasteiger partial charge on any atom is -0.314 e. The van der Waals surface area contributed by atoms with Gasteiger partial charge in [-0.3, -0.25) is 9.59 Å². The molecule has 3 rings (SSSR count). The van der Waals surface area contributed by atoms with Gasteiger partial charge in [0.25, 0.3) is 11.8 Å². The van der Waals surface area contributed by atoms with Crippen LogP contribution in [0.4, 0.5) is 5.82 Å². The van der Waals surface area contributed by atoms with E-state index in [0.29, 0.717) is 5.82 Å². The van der Waals surface area contributed by atoms with Crippen molar-refractivity contribution in [2.45, 2.75) is 25.8 Å². The summed E-state index contributed by atoms with van der Waals surface area (Å²) in [6, 6.07) is 0. The highest BCUT2D eigenvalue weighted by atomic mass is 16.2. The van der Waals surface area contributed by atoms with Crippen LogP contribution in [0.1, 0.15) is 18.7 Å². The molecule has 3 heterocycles. The van der Waals surface area contributed by atoms with Crippen LogP contribution in [0.15, 0.2) is 18.3 Å². The second kappa shape index (κ2) is 3.30. The highest BCUT2D eigenvalue weighted by Gasteiger charge is 2.29. The van der Waals surface area contributed by atoms with E-state index in [1.807, 2.05) is 4.57 Å².